The number of hydrogen-bond donors (Lipinski definition) is 1. The molecule has 1 heterocycles. The molecule has 1 aliphatic heterocycles. The van der Waals surface area contributed by atoms with Crippen LogP contribution in [-0.2, 0) is 19.2 Å². The summed E-state index contributed by atoms with van der Waals surface area (Å²) in [5.41, 5.74) is 2.35. The molecule has 0 unspecified atom stereocenters. The van der Waals surface area contributed by atoms with Crippen molar-refractivity contribution in [3.8, 4) is 11.5 Å². The second-order valence-corrected chi connectivity index (χ2v) is 9.09. The summed E-state index contributed by atoms with van der Waals surface area (Å²) in [5, 5.41) is 11.1. The Hall–Kier alpha value is -3.48. The van der Waals surface area contributed by atoms with E-state index in [-0.39, 0.29) is 35.6 Å². The van der Waals surface area contributed by atoms with Crippen molar-refractivity contribution >= 4 is 23.4 Å². The Morgan fingerprint density at radius 3 is 2.61 bits per heavy atom. The first-order chi connectivity index (χ1) is 15.8. The predicted octanol–water partition coefficient (Wildman–Crippen LogP) is 2.85. The standard InChI is InChI=1S/C26H25NO6/c1-4-33-19-7-5-6-14(24(19)30)20-13-8-9-15-21(26(32)27(3)25(15)31)16(13)11-17-18(28)10-12(2)23(29)22(17)20/h5-8,10,15-16,20-21,30H,4,9,11H2,1-3H3/t15-,16+,20+,21-/m0/s1. The molecule has 1 saturated heterocycles. The van der Waals surface area contributed by atoms with Gasteiger partial charge in [0.1, 0.15) is 0 Å². The van der Waals surface area contributed by atoms with Crippen LogP contribution in [0.4, 0.5) is 0 Å². The number of carbonyl (C=O) groups is 4. The number of imide groups is 1. The van der Waals surface area contributed by atoms with Gasteiger partial charge in [0.25, 0.3) is 0 Å². The average molecular weight is 447 g/mol. The molecular weight excluding hydrogens is 422 g/mol. The summed E-state index contributed by atoms with van der Waals surface area (Å²) in [4.78, 5) is 53.3. The molecule has 170 valence electrons. The van der Waals surface area contributed by atoms with E-state index in [1.165, 1.54) is 18.0 Å². The van der Waals surface area contributed by atoms with E-state index in [2.05, 4.69) is 0 Å². The minimum atomic E-state index is -0.686. The summed E-state index contributed by atoms with van der Waals surface area (Å²) in [7, 11) is 1.49. The van der Waals surface area contributed by atoms with Crippen molar-refractivity contribution in [3.63, 3.8) is 0 Å². The zero-order chi connectivity index (χ0) is 23.6. The molecule has 1 aromatic rings. The van der Waals surface area contributed by atoms with Crippen molar-refractivity contribution in [2.45, 2.75) is 32.6 Å². The minimum Gasteiger partial charge on any atom is -0.504 e. The van der Waals surface area contributed by atoms with Crippen molar-refractivity contribution in [2.75, 3.05) is 13.7 Å². The summed E-state index contributed by atoms with van der Waals surface area (Å²) in [5.74, 6) is -2.86. The summed E-state index contributed by atoms with van der Waals surface area (Å²) in [6.07, 6.45) is 3.89. The maximum Gasteiger partial charge on any atom is 0.233 e. The van der Waals surface area contributed by atoms with Gasteiger partial charge in [-0.3, -0.25) is 24.1 Å². The third kappa shape index (κ3) is 2.95. The number of phenols is 1. The Balaban J connectivity index is 1.73. The molecule has 5 rings (SSSR count). The Morgan fingerprint density at radius 2 is 1.88 bits per heavy atom. The highest BCUT2D eigenvalue weighted by molar-refractivity contribution is 6.24. The number of ketones is 2. The molecule has 1 fully saturated rings. The third-order valence-electron chi connectivity index (χ3n) is 7.43. The maximum atomic E-state index is 13.3. The second-order valence-electron chi connectivity index (χ2n) is 9.09. The van der Waals surface area contributed by atoms with Crippen molar-refractivity contribution < 1.29 is 29.0 Å². The first kappa shape index (κ1) is 21.4. The van der Waals surface area contributed by atoms with Crippen LogP contribution in [0.25, 0.3) is 0 Å². The van der Waals surface area contributed by atoms with Gasteiger partial charge in [-0.15, -0.1) is 0 Å². The number of phenolic OH excluding ortho intramolecular Hbond substituents is 1. The number of amides is 2. The van der Waals surface area contributed by atoms with Gasteiger partial charge in [-0.25, -0.2) is 0 Å². The van der Waals surface area contributed by atoms with Crippen LogP contribution in [0.2, 0.25) is 0 Å². The van der Waals surface area contributed by atoms with Crippen molar-refractivity contribution in [1.82, 2.24) is 4.90 Å². The quantitative estimate of drug-likeness (QED) is 0.434. The average Bonchev–Trinajstić information content (AvgIpc) is 3.02. The number of allylic oxidation sites excluding steroid dienone is 6. The van der Waals surface area contributed by atoms with E-state index in [1.54, 1.807) is 25.1 Å². The van der Waals surface area contributed by atoms with E-state index >= 15 is 0 Å². The van der Waals surface area contributed by atoms with Gasteiger partial charge in [0, 0.05) is 35.2 Å². The van der Waals surface area contributed by atoms with Gasteiger partial charge in [0.05, 0.1) is 18.4 Å². The second kappa shape index (κ2) is 7.54. The smallest absolute Gasteiger partial charge is 0.233 e. The fourth-order valence-electron chi connectivity index (χ4n) is 5.92. The zero-order valence-electron chi connectivity index (χ0n) is 18.8. The highest BCUT2D eigenvalue weighted by Crippen LogP contribution is 2.56. The Morgan fingerprint density at radius 1 is 1.12 bits per heavy atom. The van der Waals surface area contributed by atoms with Gasteiger partial charge < -0.3 is 9.84 Å². The molecule has 3 aliphatic carbocycles. The molecule has 33 heavy (non-hydrogen) atoms. The van der Waals surface area contributed by atoms with E-state index in [1.807, 2.05) is 13.0 Å². The predicted molar refractivity (Wildman–Crippen MR) is 118 cm³/mol. The number of Topliss-reactive ketones (excluding diaryl/α,β-unsaturated/α-hetero) is 1. The van der Waals surface area contributed by atoms with Crippen LogP contribution in [-0.4, -0.2) is 47.0 Å². The van der Waals surface area contributed by atoms with Gasteiger partial charge in [-0.2, -0.15) is 0 Å². The summed E-state index contributed by atoms with van der Waals surface area (Å²) >= 11 is 0. The van der Waals surface area contributed by atoms with Crippen LogP contribution in [0.5, 0.6) is 11.5 Å². The number of likely N-dealkylation sites (tertiary alicyclic amines) is 1. The van der Waals surface area contributed by atoms with Gasteiger partial charge in [-0.05, 0) is 44.7 Å². The molecule has 0 bridgehead atoms. The number of carbonyl (C=O) groups excluding carboxylic acids is 4. The molecule has 0 radical (unpaired) electrons. The van der Waals surface area contributed by atoms with E-state index in [0.29, 0.717) is 41.1 Å². The number of ether oxygens (including phenoxy) is 1. The minimum absolute atomic E-state index is 0.0849. The lowest BCUT2D eigenvalue weighted by Crippen LogP contribution is -2.39. The molecule has 2 amide bonds. The Bertz CT molecular complexity index is 1220. The van der Waals surface area contributed by atoms with Crippen molar-refractivity contribution in [3.05, 3.63) is 58.2 Å². The van der Waals surface area contributed by atoms with Crippen molar-refractivity contribution in [2.24, 2.45) is 17.8 Å². The number of nitrogens with zero attached hydrogens (tertiary/aromatic N) is 1. The van der Waals surface area contributed by atoms with Crippen LogP contribution in [0.1, 0.15) is 38.2 Å². The largest absolute Gasteiger partial charge is 0.504 e. The van der Waals surface area contributed by atoms with E-state index in [9.17, 15) is 24.3 Å². The van der Waals surface area contributed by atoms with E-state index in [4.69, 9.17) is 4.74 Å². The fraction of sp³-hybridized carbons (Fsp3) is 0.385. The lowest BCUT2D eigenvalue weighted by Gasteiger charge is -2.42. The van der Waals surface area contributed by atoms with Crippen LogP contribution >= 0.6 is 0 Å². The number of rotatable bonds is 3. The van der Waals surface area contributed by atoms with Gasteiger partial charge in [0.2, 0.25) is 11.8 Å². The summed E-state index contributed by atoms with van der Waals surface area (Å²) < 4.78 is 5.57. The SMILES string of the molecule is CCOc1cccc([C@H]2C3=CC[C@@H]4C(=O)N(C)C(=O)[C@@H]4[C@@H]3CC3=C2C(=O)C(C)=CC3=O)c1O. The lowest BCUT2D eigenvalue weighted by molar-refractivity contribution is -0.138. The lowest BCUT2D eigenvalue weighted by atomic mass is 9.59. The van der Waals surface area contributed by atoms with Crippen molar-refractivity contribution in [1.29, 1.82) is 0 Å². The molecule has 0 saturated carbocycles. The molecule has 0 aromatic heterocycles. The molecule has 1 aromatic carbocycles. The zero-order valence-corrected chi connectivity index (χ0v) is 18.8. The summed E-state index contributed by atoms with van der Waals surface area (Å²) in [6.45, 7) is 3.78. The van der Waals surface area contributed by atoms with Gasteiger partial charge >= 0.3 is 0 Å². The van der Waals surface area contributed by atoms with Crippen LogP contribution in [0.15, 0.2) is 52.6 Å². The molecule has 0 spiro atoms. The molecule has 4 aliphatic rings. The molecule has 4 atom stereocenters. The summed E-state index contributed by atoms with van der Waals surface area (Å²) in [6, 6.07) is 5.11. The number of para-hydroxylation sites is 1. The van der Waals surface area contributed by atoms with Crippen LogP contribution in [0, 0.1) is 17.8 Å². The van der Waals surface area contributed by atoms with Crippen LogP contribution in [0.3, 0.4) is 0 Å². The maximum absolute atomic E-state index is 13.3. The van der Waals surface area contributed by atoms with Gasteiger partial charge in [0.15, 0.2) is 23.1 Å². The van der Waals surface area contributed by atoms with Gasteiger partial charge in [-0.1, -0.05) is 23.8 Å². The molecule has 7 nitrogen and oxygen atoms in total. The number of benzene rings is 1. The fourth-order valence-corrected chi connectivity index (χ4v) is 5.92. The molecule has 7 heteroatoms. The number of fused-ring (bicyclic) bond motifs is 3. The topological polar surface area (TPSA) is 101 Å². The van der Waals surface area contributed by atoms with E-state index in [0.717, 1.165) is 5.57 Å². The first-order valence-corrected chi connectivity index (χ1v) is 11.2. The normalized spacial score (nSPS) is 28.9. The molecular formula is C26H25NO6. The highest BCUT2D eigenvalue weighted by Gasteiger charge is 2.55. The highest BCUT2D eigenvalue weighted by atomic mass is 16.5. The Labute approximate surface area is 191 Å². The number of aromatic hydroxyl groups is 1. The van der Waals surface area contributed by atoms with E-state index < -0.39 is 23.7 Å². The molecule has 1 N–H and O–H groups in total. The van der Waals surface area contributed by atoms with Crippen LogP contribution < -0.4 is 4.74 Å². The monoisotopic (exact) mass is 447 g/mol. The Kier molecular flexibility index (Phi) is 4.88. The third-order valence-corrected chi connectivity index (χ3v) is 7.43. The first-order valence-electron chi connectivity index (χ1n) is 11.2. The number of hydrogen-bond acceptors (Lipinski definition) is 6.